The summed E-state index contributed by atoms with van der Waals surface area (Å²) in [6.45, 7) is 12.5. The van der Waals surface area contributed by atoms with Crippen molar-refractivity contribution in [1.82, 2.24) is 0 Å². The summed E-state index contributed by atoms with van der Waals surface area (Å²) in [5, 5.41) is 0. The molecule has 5 rings (SSSR count). The molecule has 0 atom stereocenters. The minimum Gasteiger partial charge on any atom is -0.493 e. The Bertz CT molecular complexity index is 1540. The highest BCUT2D eigenvalue weighted by molar-refractivity contribution is 7.87. The van der Waals surface area contributed by atoms with Crippen LogP contribution in [-0.2, 0) is 16.5 Å². The highest BCUT2D eigenvalue weighted by Crippen LogP contribution is 2.44. The van der Waals surface area contributed by atoms with E-state index in [2.05, 4.69) is 13.8 Å². The van der Waals surface area contributed by atoms with Crippen molar-refractivity contribution in [3.63, 3.8) is 0 Å². The molecule has 0 N–H and O–H groups in total. The van der Waals surface area contributed by atoms with Gasteiger partial charge in [0.25, 0.3) is 0 Å². The zero-order chi connectivity index (χ0) is 27.9. The molecule has 2 heterocycles. The van der Waals surface area contributed by atoms with Crippen LogP contribution in [-0.4, -0.2) is 27.2 Å². The second-order valence-corrected chi connectivity index (χ2v) is 12.5. The van der Waals surface area contributed by atoms with Crippen LogP contribution in [0.4, 0.5) is 0 Å². The number of benzene rings is 3. The average Bonchev–Trinajstić information content (AvgIpc) is 2.85. The molecule has 0 radical (unpaired) electrons. The van der Waals surface area contributed by atoms with Crippen molar-refractivity contribution in [2.75, 3.05) is 13.2 Å². The molecule has 3 aromatic carbocycles. The van der Waals surface area contributed by atoms with Crippen LogP contribution in [0, 0.1) is 20.8 Å². The van der Waals surface area contributed by atoms with E-state index in [1.165, 1.54) is 0 Å². The van der Waals surface area contributed by atoms with Crippen molar-refractivity contribution < 1.29 is 26.8 Å². The standard InChI is InChI=1S/C32H36O6S/c1-7-14-35-25-9-10-26(29(18-25)38-39(33,34)31-21(3)15-20(2)16-22(31)4)24-17-23-8-11-28-27(30(23)36-19-24)12-13-32(5,6)37-28/h8-11,15-18H,7,12-14,19H2,1-6H3. The number of fused-ring (bicyclic) bond motifs is 3. The zero-order valence-corrected chi connectivity index (χ0v) is 24.3. The second kappa shape index (κ2) is 10.3. The highest BCUT2D eigenvalue weighted by Gasteiger charge is 2.31. The summed E-state index contributed by atoms with van der Waals surface area (Å²) < 4.78 is 51.4. The summed E-state index contributed by atoms with van der Waals surface area (Å²) in [6.07, 6.45) is 4.66. The Balaban J connectivity index is 1.55. The topological polar surface area (TPSA) is 71.1 Å². The predicted octanol–water partition coefficient (Wildman–Crippen LogP) is 7.20. The molecule has 0 bridgehead atoms. The van der Waals surface area contributed by atoms with Crippen LogP contribution in [0.3, 0.4) is 0 Å². The Hall–Kier alpha value is -3.45. The first-order valence-corrected chi connectivity index (χ1v) is 14.9. The minimum atomic E-state index is -4.11. The van der Waals surface area contributed by atoms with E-state index >= 15 is 0 Å². The molecule has 2 aliphatic heterocycles. The zero-order valence-electron chi connectivity index (χ0n) is 23.5. The molecule has 0 aliphatic carbocycles. The van der Waals surface area contributed by atoms with Gasteiger partial charge in [0.1, 0.15) is 34.4 Å². The lowest BCUT2D eigenvalue weighted by Crippen LogP contribution is -2.33. The molecule has 2 aliphatic rings. The molecule has 0 unspecified atom stereocenters. The smallest absolute Gasteiger partial charge is 0.339 e. The van der Waals surface area contributed by atoms with Crippen LogP contribution in [0.15, 0.2) is 47.4 Å². The van der Waals surface area contributed by atoms with Gasteiger partial charge < -0.3 is 18.4 Å². The van der Waals surface area contributed by atoms with Gasteiger partial charge >= 0.3 is 10.1 Å². The van der Waals surface area contributed by atoms with Gasteiger partial charge in [0.15, 0.2) is 5.75 Å². The maximum atomic E-state index is 13.6. The van der Waals surface area contributed by atoms with Gasteiger partial charge in [0.05, 0.1) is 6.61 Å². The molecule has 7 heteroatoms. The highest BCUT2D eigenvalue weighted by atomic mass is 32.2. The number of ether oxygens (including phenoxy) is 3. The van der Waals surface area contributed by atoms with Crippen LogP contribution < -0.4 is 18.4 Å². The Labute approximate surface area is 231 Å². The fraction of sp³-hybridized carbons (Fsp3) is 0.375. The summed E-state index contributed by atoms with van der Waals surface area (Å²) >= 11 is 0. The number of aryl methyl sites for hydroxylation is 3. The summed E-state index contributed by atoms with van der Waals surface area (Å²) in [7, 11) is -4.11. The fourth-order valence-electron chi connectivity index (χ4n) is 5.42. The summed E-state index contributed by atoms with van der Waals surface area (Å²) in [5.74, 6) is 2.45. The van der Waals surface area contributed by atoms with E-state index < -0.39 is 10.1 Å². The normalized spacial score (nSPS) is 15.8. The lowest BCUT2D eigenvalue weighted by molar-refractivity contribution is 0.0834. The van der Waals surface area contributed by atoms with E-state index in [9.17, 15) is 8.42 Å². The van der Waals surface area contributed by atoms with Gasteiger partial charge in [0.2, 0.25) is 0 Å². The molecule has 0 fully saturated rings. The van der Waals surface area contributed by atoms with Crippen LogP contribution in [0.1, 0.15) is 67.0 Å². The maximum absolute atomic E-state index is 13.6. The van der Waals surface area contributed by atoms with Crippen molar-refractivity contribution in [3.8, 4) is 23.0 Å². The first-order valence-electron chi connectivity index (χ1n) is 13.5. The van der Waals surface area contributed by atoms with Crippen molar-refractivity contribution >= 4 is 21.8 Å². The van der Waals surface area contributed by atoms with Crippen LogP contribution in [0.2, 0.25) is 0 Å². The van der Waals surface area contributed by atoms with Crippen LogP contribution in [0.5, 0.6) is 23.0 Å². The largest absolute Gasteiger partial charge is 0.493 e. The molecule has 6 nitrogen and oxygen atoms in total. The van der Waals surface area contributed by atoms with Crippen LogP contribution in [0.25, 0.3) is 11.6 Å². The molecule has 0 saturated heterocycles. The molecule has 0 spiro atoms. The second-order valence-electron chi connectivity index (χ2n) is 11.1. The monoisotopic (exact) mass is 548 g/mol. The van der Waals surface area contributed by atoms with E-state index in [1.54, 1.807) is 19.9 Å². The van der Waals surface area contributed by atoms with Crippen molar-refractivity contribution in [2.45, 2.75) is 71.3 Å². The third-order valence-electron chi connectivity index (χ3n) is 7.14. The average molecular weight is 549 g/mol. The molecule has 39 heavy (non-hydrogen) atoms. The lowest BCUT2D eigenvalue weighted by atomic mass is 9.91. The van der Waals surface area contributed by atoms with E-state index in [4.69, 9.17) is 18.4 Å². The van der Waals surface area contributed by atoms with Gasteiger partial charge in [-0.1, -0.05) is 24.6 Å². The first kappa shape index (κ1) is 27.1. The number of hydrogen-bond acceptors (Lipinski definition) is 6. The number of hydrogen-bond donors (Lipinski definition) is 0. The SMILES string of the molecule is CCCOc1ccc(C2=Cc3ccc4c(c3OC2)CCC(C)(C)O4)c(OS(=O)(=O)c2c(C)cc(C)cc2C)c1. The third kappa shape index (κ3) is 5.50. The quantitative estimate of drug-likeness (QED) is 0.291. The first-order chi connectivity index (χ1) is 18.5. The summed E-state index contributed by atoms with van der Waals surface area (Å²) in [6, 6.07) is 13.0. The van der Waals surface area contributed by atoms with Gasteiger partial charge in [-0.05, 0) is 95.3 Å². The number of rotatable bonds is 7. The van der Waals surface area contributed by atoms with Gasteiger partial charge in [-0.15, -0.1) is 0 Å². The lowest BCUT2D eigenvalue weighted by Gasteiger charge is -2.34. The fourth-order valence-corrected chi connectivity index (χ4v) is 6.79. The van der Waals surface area contributed by atoms with Gasteiger partial charge in [-0.3, -0.25) is 0 Å². The van der Waals surface area contributed by atoms with E-state index in [1.807, 2.05) is 56.3 Å². The van der Waals surface area contributed by atoms with Crippen molar-refractivity contribution in [2.24, 2.45) is 0 Å². The van der Waals surface area contributed by atoms with E-state index in [0.717, 1.165) is 53.0 Å². The molecule has 206 valence electrons. The van der Waals surface area contributed by atoms with Gasteiger partial charge in [0, 0.05) is 28.3 Å². The Morgan fingerprint density at radius 1 is 1.00 bits per heavy atom. The predicted molar refractivity (Wildman–Crippen MR) is 154 cm³/mol. The Morgan fingerprint density at radius 3 is 2.46 bits per heavy atom. The summed E-state index contributed by atoms with van der Waals surface area (Å²) in [4.78, 5) is 0.188. The van der Waals surface area contributed by atoms with Crippen molar-refractivity contribution in [1.29, 1.82) is 0 Å². The van der Waals surface area contributed by atoms with Crippen LogP contribution >= 0.6 is 0 Å². The minimum absolute atomic E-state index is 0.188. The molecule has 0 saturated carbocycles. The van der Waals surface area contributed by atoms with E-state index in [-0.39, 0.29) is 22.9 Å². The Morgan fingerprint density at radius 2 is 1.74 bits per heavy atom. The molecule has 0 amide bonds. The van der Waals surface area contributed by atoms with Crippen molar-refractivity contribution in [3.05, 3.63) is 75.8 Å². The molecule has 3 aromatic rings. The molecular weight excluding hydrogens is 512 g/mol. The Kier molecular flexibility index (Phi) is 7.14. The molecule has 0 aromatic heterocycles. The summed E-state index contributed by atoms with van der Waals surface area (Å²) in [5.41, 5.74) is 5.57. The van der Waals surface area contributed by atoms with Gasteiger partial charge in [-0.2, -0.15) is 8.42 Å². The maximum Gasteiger partial charge on any atom is 0.339 e. The van der Waals surface area contributed by atoms with E-state index in [0.29, 0.717) is 29.0 Å². The molecular formula is C32H36O6S. The third-order valence-corrected chi connectivity index (χ3v) is 8.68. The van der Waals surface area contributed by atoms with Gasteiger partial charge in [-0.25, -0.2) is 0 Å².